The highest BCUT2D eigenvalue weighted by molar-refractivity contribution is 5.87. The first-order chi connectivity index (χ1) is 23.8. The lowest BCUT2D eigenvalue weighted by Crippen LogP contribution is -2.51. The van der Waals surface area contributed by atoms with Crippen LogP contribution >= 0.6 is 0 Å². The van der Waals surface area contributed by atoms with Crippen molar-refractivity contribution in [3.8, 4) is 0 Å². The minimum absolute atomic E-state index is 0.0254. The molecule has 3 saturated heterocycles. The van der Waals surface area contributed by atoms with Crippen molar-refractivity contribution in [1.82, 2.24) is 16.0 Å². The van der Waals surface area contributed by atoms with Crippen LogP contribution in [0.1, 0.15) is 66.7 Å². The SMILES string of the molecule is CNC(=O)CCOCCOCCNC(=O)C[C@@H]1C[C@@]2(CO2)[C@H](O)[C@@H](/C=C/C(C)=C/C[C@@H]2O[C@H](C)[C@H](NC(=O)/C=C\[C@H](C)OC(C)=O)C[C@@H]2C)O1. The van der Waals surface area contributed by atoms with E-state index in [4.69, 9.17) is 28.4 Å². The van der Waals surface area contributed by atoms with Crippen LogP contribution < -0.4 is 16.0 Å². The summed E-state index contributed by atoms with van der Waals surface area (Å²) in [5, 5.41) is 19.3. The van der Waals surface area contributed by atoms with Crippen LogP contribution in [0.4, 0.5) is 0 Å². The van der Waals surface area contributed by atoms with E-state index < -0.39 is 36.0 Å². The molecule has 0 radical (unpaired) electrons. The van der Waals surface area contributed by atoms with Gasteiger partial charge in [0.05, 0.1) is 63.8 Å². The lowest BCUT2D eigenvalue weighted by Gasteiger charge is -2.39. The average molecular weight is 708 g/mol. The van der Waals surface area contributed by atoms with Gasteiger partial charge in [0.2, 0.25) is 17.7 Å². The van der Waals surface area contributed by atoms with Crippen molar-refractivity contribution in [1.29, 1.82) is 0 Å². The van der Waals surface area contributed by atoms with Crippen molar-refractivity contribution in [2.45, 2.75) is 115 Å². The van der Waals surface area contributed by atoms with Gasteiger partial charge >= 0.3 is 5.97 Å². The predicted octanol–water partition coefficient (Wildman–Crippen LogP) is 1.65. The Labute approximate surface area is 295 Å². The maximum atomic E-state index is 12.6. The Kier molecular flexibility index (Phi) is 17.0. The van der Waals surface area contributed by atoms with Gasteiger partial charge in [0, 0.05) is 39.4 Å². The van der Waals surface area contributed by atoms with Crippen LogP contribution in [0.5, 0.6) is 0 Å². The molecule has 9 atom stereocenters. The molecule has 0 aromatic carbocycles. The van der Waals surface area contributed by atoms with Crippen LogP contribution in [0.2, 0.25) is 0 Å². The second kappa shape index (κ2) is 20.6. The second-order valence-electron chi connectivity index (χ2n) is 13.4. The Morgan fingerprint density at radius 2 is 1.74 bits per heavy atom. The van der Waals surface area contributed by atoms with E-state index in [1.54, 1.807) is 20.0 Å². The Bertz CT molecular complexity index is 1220. The molecule has 3 rings (SSSR count). The molecular formula is C36H57N3O11. The van der Waals surface area contributed by atoms with Crippen molar-refractivity contribution >= 4 is 23.7 Å². The highest BCUT2D eigenvalue weighted by Gasteiger charge is 2.58. The summed E-state index contributed by atoms with van der Waals surface area (Å²) in [7, 11) is 1.58. The van der Waals surface area contributed by atoms with Crippen LogP contribution in [-0.4, -0.2) is 124 Å². The Morgan fingerprint density at radius 3 is 2.42 bits per heavy atom. The third-order valence-corrected chi connectivity index (χ3v) is 9.03. The zero-order valence-electron chi connectivity index (χ0n) is 30.3. The van der Waals surface area contributed by atoms with Crippen molar-refractivity contribution in [2.75, 3.05) is 46.6 Å². The molecule has 4 N–H and O–H groups in total. The van der Waals surface area contributed by atoms with Crippen LogP contribution in [0.15, 0.2) is 36.0 Å². The van der Waals surface area contributed by atoms with Gasteiger partial charge in [-0.05, 0) is 45.6 Å². The Balaban J connectivity index is 1.39. The molecule has 3 aliphatic rings. The summed E-state index contributed by atoms with van der Waals surface area (Å²) in [4.78, 5) is 47.3. The molecule has 14 nitrogen and oxygen atoms in total. The van der Waals surface area contributed by atoms with Gasteiger partial charge in [-0.1, -0.05) is 30.7 Å². The van der Waals surface area contributed by atoms with Gasteiger partial charge in [-0.3, -0.25) is 19.2 Å². The number of ether oxygens (including phenoxy) is 6. The summed E-state index contributed by atoms with van der Waals surface area (Å²) in [6, 6.07) is -0.143. The maximum Gasteiger partial charge on any atom is 0.303 e. The molecule has 0 saturated carbocycles. The lowest BCUT2D eigenvalue weighted by molar-refractivity contribution is -0.145. The molecule has 0 unspecified atom stereocenters. The molecule has 14 heteroatoms. The molecular weight excluding hydrogens is 650 g/mol. The van der Waals surface area contributed by atoms with Crippen LogP contribution in [0.3, 0.4) is 0 Å². The average Bonchev–Trinajstić information content (AvgIpc) is 3.84. The molecule has 50 heavy (non-hydrogen) atoms. The van der Waals surface area contributed by atoms with Crippen molar-refractivity contribution in [2.24, 2.45) is 5.92 Å². The van der Waals surface area contributed by atoms with Crippen molar-refractivity contribution in [3.05, 3.63) is 36.0 Å². The summed E-state index contributed by atoms with van der Waals surface area (Å²) in [5.74, 6) is -0.717. The molecule has 0 bridgehead atoms. The molecule has 3 amide bonds. The van der Waals surface area contributed by atoms with Gasteiger partial charge in [0.25, 0.3) is 0 Å². The largest absolute Gasteiger partial charge is 0.459 e. The number of amides is 3. The number of epoxide rings is 1. The summed E-state index contributed by atoms with van der Waals surface area (Å²) in [6.07, 6.45) is 8.50. The predicted molar refractivity (Wildman–Crippen MR) is 184 cm³/mol. The number of carbonyl (C=O) groups excluding carboxylic acids is 4. The molecule has 3 aliphatic heterocycles. The highest BCUT2D eigenvalue weighted by atomic mass is 16.6. The van der Waals surface area contributed by atoms with Gasteiger partial charge in [-0.25, -0.2) is 0 Å². The fraction of sp³-hybridized carbons (Fsp3) is 0.722. The molecule has 3 heterocycles. The summed E-state index contributed by atoms with van der Waals surface area (Å²) >= 11 is 0. The number of rotatable bonds is 19. The minimum atomic E-state index is -0.841. The topological polar surface area (TPSA) is 183 Å². The molecule has 282 valence electrons. The second-order valence-corrected chi connectivity index (χ2v) is 13.4. The number of hydrogen-bond acceptors (Lipinski definition) is 11. The Hall–Kier alpha value is -3.14. The molecule has 1 spiro atoms. The van der Waals surface area contributed by atoms with Crippen LogP contribution in [-0.2, 0) is 47.6 Å². The zero-order valence-corrected chi connectivity index (χ0v) is 30.3. The van der Waals surface area contributed by atoms with Crippen molar-refractivity contribution < 1.29 is 52.7 Å². The Morgan fingerprint density at radius 1 is 1.02 bits per heavy atom. The molecule has 0 aromatic rings. The van der Waals surface area contributed by atoms with Gasteiger partial charge in [-0.15, -0.1) is 0 Å². The van der Waals surface area contributed by atoms with E-state index >= 15 is 0 Å². The first-order valence-electron chi connectivity index (χ1n) is 17.6. The van der Waals surface area contributed by atoms with Gasteiger partial charge in [-0.2, -0.15) is 0 Å². The molecule has 0 aliphatic carbocycles. The van der Waals surface area contributed by atoms with Gasteiger partial charge in [0.1, 0.15) is 23.9 Å². The third kappa shape index (κ3) is 14.2. The van der Waals surface area contributed by atoms with E-state index in [1.807, 2.05) is 26.0 Å². The standard InChI is InChI=1S/C36H57N3O11/c1-23(7-10-30-24(2)19-29(26(4)49-30)39-33(42)12-9-25(3)48-27(5)40)8-11-31-35(44)36(22-47-36)21-28(50-31)20-34(43)38-14-16-46-18-17-45-15-13-32(41)37-6/h7-9,11-12,24-26,28-31,35,44H,10,13-22H2,1-6H3,(H,37,41)(H,38,43)(H,39,42)/b11-8+,12-9-,23-7+/t24-,25-,26+,28+,29+,30-,31+,35+,36+/m0/s1. The monoisotopic (exact) mass is 707 g/mol. The number of aliphatic hydroxyl groups excluding tert-OH is 1. The summed E-state index contributed by atoms with van der Waals surface area (Å²) < 4.78 is 33.9. The van der Waals surface area contributed by atoms with E-state index in [9.17, 15) is 24.3 Å². The molecule has 3 fully saturated rings. The third-order valence-electron chi connectivity index (χ3n) is 9.03. The number of nitrogens with one attached hydrogen (secondary N) is 3. The number of hydrogen-bond donors (Lipinski definition) is 4. The molecule has 0 aromatic heterocycles. The van der Waals surface area contributed by atoms with E-state index in [0.29, 0.717) is 58.8 Å². The fourth-order valence-corrected chi connectivity index (χ4v) is 6.04. The summed E-state index contributed by atoms with van der Waals surface area (Å²) in [5.41, 5.74) is 0.287. The highest BCUT2D eigenvalue weighted by Crippen LogP contribution is 2.43. The number of allylic oxidation sites excluding steroid dienone is 2. The number of esters is 1. The van der Waals surface area contributed by atoms with Crippen LogP contribution in [0, 0.1) is 5.92 Å². The van der Waals surface area contributed by atoms with Crippen molar-refractivity contribution in [3.63, 3.8) is 0 Å². The normalized spacial score (nSPS) is 30.3. The first-order valence-corrected chi connectivity index (χ1v) is 17.6. The van der Waals surface area contributed by atoms with E-state index in [1.165, 1.54) is 13.0 Å². The summed E-state index contributed by atoms with van der Waals surface area (Å²) in [6.45, 7) is 11.2. The minimum Gasteiger partial charge on any atom is -0.459 e. The number of carbonyl (C=O) groups is 4. The fourth-order valence-electron chi connectivity index (χ4n) is 6.04. The zero-order chi connectivity index (χ0) is 36.7. The maximum absolute atomic E-state index is 12.6. The quantitative estimate of drug-likeness (QED) is 0.0504. The lowest BCUT2D eigenvalue weighted by atomic mass is 9.87. The number of aliphatic hydroxyl groups is 1. The van der Waals surface area contributed by atoms with Crippen LogP contribution in [0.25, 0.3) is 0 Å². The van der Waals surface area contributed by atoms with Gasteiger partial charge < -0.3 is 49.5 Å². The van der Waals surface area contributed by atoms with E-state index in [0.717, 1.165) is 12.0 Å². The van der Waals surface area contributed by atoms with E-state index in [2.05, 4.69) is 29.0 Å². The van der Waals surface area contributed by atoms with E-state index in [-0.39, 0.29) is 48.3 Å². The smallest absolute Gasteiger partial charge is 0.303 e. The first kappa shape index (κ1) is 41.3. The van der Waals surface area contributed by atoms with Gasteiger partial charge in [0.15, 0.2) is 0 Å².